The Kier molecular flexibility index (Phi) is 7.46. The summed E-state index contributed by atoms with van der Waals surface area (Å²) in [4.78, 5) is 0. The van der Waals surface area contributed by atoms with Gasteiger partial charge in [0.2, 0.25) is 0 Å². The van der Waals surface area contributed by atoms with Crippen LogP contribution in [-0.2, 0) is 9.47 Å². The SMILES string of the molecule is COCCOCC(O)COc1ccc([C@H](C)N)c(F)c1. The van der Waals surface area contributed by atoms with Gasteiger partial charge in [-0.3, -0.25) is 0 Å². The lowest BCUT2D eigenvalue weighted by Gasteiger charge is -2.14. The molecule has 1 aromatic rings. The van der Waals surface area contributed by atoms with Crippen LogP contribution in [0.25, 0.3) is 0 Å². The van der Waals surface area contributed by atoms with Gasteiger partial charge in [-0.05, 0) is 13.0 Å². The Morgan fingerprint density at radius 3 is 2.65 bits per heavy atom. The normalized spacial score (nSPS) is 14.1. The van der Waals surface area contributed by atoms with E-state index in [-0.39, 0.29) is 19.3 Å². The second-order valence-corrected chi connectivity index (χ2v) is 4.50. The van der Waals surface area contributed by atoms with E-state index < -0.39 is 11.9 Å². The van der Waals surface area contributed by atoms with Gasteiger partial charge in [0.1, 0.15) is 24.3 Å². The van der Waals surface area contributed by atoms with E-state index in [9.17, 15) is 9.50 Å². The summed E-state index contributed by atoms with van der Waals surface area (Å²) in [7, 11) is 1.57. The number of rotatable bonds is 9. The summed E-state index contributed by atoms with van der Waals surface area (Å²) < 4.78 is 28.9. The molecule has 1 aromatic carbocycles. The predicted molar refractivity (Wildman–Crippen MR) is 73.2 cm³/mol. The molecule has 0 radical (unpaired) electrons. The lowest BCUT2D eigenvalue weighted by Crippen LogP contribution is -2.24. The third-order valence-corrected chi connectivity index (χ3v) is 2.65. The van der Waals surface area contributed by atoms with Crippen LogP contribution in [0.2, 0.25) is 0 Å². The molecule has 0 saturated heterocycles. The molecular formula is C14H22FNO4. The van der Waals surface area contributed by atoms with Gasteiger partial charge in [0.25, 0.3) is 0 Å². The highest BCUT2D eigenvalue weighted by Gasteiger charge is 2.10. The molecule has 0 aliphatic carbocycles. The molecule has 0 fully saturated rings. The smallest absolute Gasteiger partial charge is 0.131 e. The molecule has 6 heteroatoms. The summed E-state index contributed by atoms with van der Waals surface area (Å²) in [6.07, 6.45) is -0.775. The van der Waals surface area contributed by atoms with Crippen LogP contribution in [0.4, 0.5) is 4.39 Å². The lowest BCUT2D eigenvalue weighted by atomic mass is 10.1. The van der Waals surface area contributed by atoms with Gasteiger partial charge in [-0.15, -0.1) is 0 Å². The summed E-state index contributed by atoms with van der Waals surface area (Å²) in [6, 6.07) is 4.10. The second-order valence-electron chi connectivity index (χ2n) is 4.50. The highest BCUT2D eigenvalue weighted by Crippen LogP contribution is 2.20. The van der Waals surface area contributed by atoms with Crippen LogP contribution < -0.4 is 10.5 Å². The van der Waals surface area contributed by atoms with Crippen molar-refractivity contribution < 1.29 is 23.7 Å². The molecule has 0 amide bonds. The zero-order valence-electron chi connectivity index (χ0n) is 11.8. The van der Waals surface area contributed by atoms with Crippen molar-refractivity contribution in [2.24, 2.45) is 5.73 Å². The maximum Gasteiger partial charge on any atom is 0.131 e. The number of aliphatic hydroxyl groups is 1. The quantitative estimate of drug-likeness (QED) is 0.669. The third-order valence-electron chi connectivity index (χ3n) is 2.65. The number of nitrogens with two attached hydrogens (primary N) is 1. The molecule has 0 aliphatic rings. The van der Waals surface area contributed by atoms with Gasteiger partial charge >= 0.3 is 0 Å². The van der Waals surface area contributed by atoms with Crippen molar-refractivity contribution in [3.8, 4) is 5.75 Å². The number of hydrogen-bond acceptors (Lipinski definition) is 5. The number of hydrogen-bond donors (Lipinski definition) is 2. The first-order valence-corrected chi connectivity index (χ1v) is 6.47. The van der Waals surface area contributed by atoms with Crippen LogP contribution in [0.15, 0.2) is 18.2 Å². The largest absolute Gasteiger partial charge is 0.491 e. The van der Waals surface area contributed by atoms with Crippen LogP contribution in [0.3, 0.4) is 0 Å². The van der Waals surface area contributed by atoms with Crippen molar-refractivity contribution >= 4 is 0 Å². The highest BCUT2D eigenvalue weighted by atomic mass is 19.1. The van der Waals surface area contributed by atoms with E-state index in [4.69, 9.17) is 19.9 Å². The summed E-state index contributed by atoms with van der Waals surface area (Å²) in [5.41, 5.74) is 6.05. The van der Waals surface area contributed by atoms with Gasteiger partial charge in [-0.1, -0.05) is 6.07 Å². The fraction of sp³-hybridized carbons (Fsp3) is 0.571. The first-order valence-electron chi connectivity index (χ1n) is 6.47. The summed E-state index contributed by atoms with van der Waals surface area (Å²) >= 11 is 0. The molecule has 0 heterocycles. The summed E-state index contributed by atoms with van der Waals surface area (Å²) in [5, 5.41) is 9.62. The van der Waals surface area contributed by atoms with Crippen molar-refractivity contribution in [3.63, 3.8) is 0 Å². The molecule has 0 aromatic heterocycles. The van der Waals surface area contributed by atoms with E-state index in [1.54, 1.807) is 26.2 Å². The van der Waals surface area contributed by atoms with E-state index in [0.29, 0.717) is 24.5 Å². The van der Waals surface area contributed by atoms with Crippen molar-refractivity contribution in [1.82, 2.24) is 0 Å². The predicted octanol–water partition coefficient (Wildman–Crippen LogP) is 1.25. The Morgan fingerprint density at radius 2 is 2.05 bits per heavy atom. The molecule has 5 nitrogen and oxygen atoms in total. The molecule has 0 saturated carbocycles. The molecule has 114 valence electrons. The minimum absolute atomic E-state index is 0.0317. The van der Waals surface area contributed by atoms with Crippen molar-refractivity contribution in [2.75, 3.05) is 33.5 Å². The average Bonchev–Trinajstić information content (AvgIpc) is 2.41. The maximum absolute atomic E-state index is 13.7. The molecule has 0 aliphatic heterocycles. The van der Waals surface area contributed by atoms with Gasteiger partial charge in [0.05, 0.1) is 19.8 Å². The Bertz CT molecular complexity index is 401. The molecular weight excluding hydrogens is 265 g/mol. The molecule has 0 bridgehead atoms. The zero-order chi connectivity index (χ0) is 15.0. The fourth-order valence-corrected chi connectivity index (χ4v) is 1.57. The van der Waals surface area contributed by atoms with Crippen LogP contribution in [0.1, 0.15) is 18.5 Å². The summed E-state index contributed by atoms with van der Waals surface area (Å²) in [6.45, 7) is 2.76. The second kappa shape index (κ2) is 8.86. The number of aliphatic hydroxyl groups excluding tert-OH is 1. The van der Waals surface area contributed by atoms with Gasteiger partial charge in [-0.25, -0.2) is 4.39 Å². The Balaban J connectivity index is 2.36. The Hall–Kier alpha value is -1.21. The van der Waals surface area contributed by atoms with E-state index in [1.807, 2.05) is 0 Å². The van der Waals surface area contributed by atoms with Gasteiger partial charge < -0.3 is 25.1 Å². The standard InChI is InChI=1S/C14H22FNO4/c1-10(16)13-4-3-12(7-14(13)15)20-9-11(17)8-19-6-5-18-2/h3-4,7,10-11,17H,5-6,8-9,16H2,1-2H3/t10-,11?/m0/s1. The van der Waals surface area contributed by atoms with Crippen molar-refractivity contribution in [1.29, 1.82) is 0 Å². The van der Waals surface area contributed by atoms with Gasteiger partial charge in [0, 0.05) is 24.8 Å². The van der Waals surface area contributed by atoms with Crippen LogP contribution in [-0.4, -0.2) is 44.7 Å². The molecule has 0 spiro atoms. The number of ether oxygens (including phenoxy) is 3. The van der Waals surface area contributed by atoms with Crippen LogP contribution >= 0.6 is 0 Å². The number of benzene rings is 1. The van der Waals surface area contributed by atoms with E-state index >= 15 is 0 Å². The molecule has 1 unspecified atom stereocenters. The minimum atomic E-state index is -0.775. The first-order chi connectivity index (χ1) is 9.54. The van der Waals surface area contributed by atoms with Crippen LogP contribution in [0, 0.1) is 5.82 Å². The van der Waals surface area contributed by atoms with Crippen LogP contribution in [0.5, 0.6) is 5.75 Å². The number of methoxy groups -OCH3 is 1. The topological polar surface area (TPSA) is 73.9 Å². The van der Waals surface area contributed by atoms with E-state index in [1.165, 1.54) is 6.07 Å². The van der Waals surface area contributed by atoms with Crippen molar-refractivity contribution in [2.45, 2.75) is 19.1 Å². The minimum Gasteiger partial charge on any atom is -0.491 e. The average molecular weight is 287 g/mol. The van der Waals surface area contributed by atoms with Crippen molar-refractivity contribution in [3.05, 3.63) is 29.6 Å². The lowest BCUT2D eigenvalue weighted by molar-refractivity contribution is -0.00423. The fourth-order valence-electron chi connectivity index (χ4n) is 1.57. The molecule has 2 atom stereocenters. The number of halogens is 1. The monoisotopic (exact) mass is 287 g/mol. The molecule has 3 N–H and O–H groups in total. The van der Waals surface area contributed by atoms with Gasteiger partial charge in [0.15, 0.2) is 0 Å². The molecule has 1 rings (SSSR count). The Labute approximate surface area is 118 Å². The Morgan fingerprint density at radius 1 is 1.30 bits per heavy atom. The molecule has 20 heavy (non-hydrogen) atoms. The zero-order valence-corrected chi connectivity index (χ0v) is 11.8. The third kappa shape index (κ3) is 5.83. The first kappa shape index (κ1) is 16.8. The van der Waals surface area contributed by atoms with Gasteiger partial charge in [-0.2, -0.15) is 0 Å². The maximum atomic E-state index is 13.7. The highest BCUT2D eigenvalue weighted by molar-refractivity contribution is 5.30. The van der Waals surface area contributed by atoms with E-state index in [0.717, 1.165) is 0 Å². The summed E-state index contributed by atoms with van der Waals surface area (Å²) in [5.74, 6) is -0.0637. The van der Waals surface area contributed by atoms with E-state index in [2.05, 4.69) is 0 Å².